The third kappa shape index (κ3) is 6.16. The third-order valence-electron chi connectivity index (χ3n) is 3.42. The Kier molecular flexibility index (Phi) is 7.43. The van der Waals surface area contributed by atoms with Crippen LogP contribution in [0.1, 0.15) is 34.1 Å². The highest BCUT2D eigenvalue weighted by Gasteiger charge is 2.13. The van der Waals surface area contributed by atoms with Gasteiger partial charge in [0, 0.05) is 19.6 Å². The first-order valence-electron chi connectivity index (χ1n) is 7.73. The van der Waals surface area contributed by atoms with Gasteiger partial charge in [-0.05, 0) is 46.2 Å². The average Bonchev–Trinajstić information content (AvgIpc) is 2.50. The molecule has 1 aromatic carbocycles. The molecule has 0 saturated heterocycles. The summed E-state index contributed by atoms with van der Waals surface area (Å²) in [7, 11) is 1.92. The van der Waals surface area contributed by atoms with Crippen molar-refractivity contribution in [2.24, 2.45) is 10.3 Å². The third-order valence-corrected chi connectivity index (χ3v) is 3.42. The van der Waals surface area contributed by atoms with Crippen LogP contribution in [-0.4, -0.2) is 35.8 Å². The van der Waals surface area contributed by atoms with Crippen LogP contribution in [0.25, 0.3) is 0 Å². The van der Waals surface area contributed by atoms with Gasteiger partial charge in [-0.1, -0.05) is 29.0 Å². The smallest absolute Gasteiger partial charge is 0.138 e. The van der Waals surface area contributed by atoms with Crippen molar-refractivity contribution in [1.29, 1.82) is 0 Å². The van der Waals surface area contributed by atoms with E-state index in [0.29, 0.717) is 0 Å². The van der Waals surface area contributed by atoms with E-state index in [9.17, 15) is 5.11 Å². The van der Waals surface area contributed by atoms with Gasteiger partial charge in [0.15, 0.2) is 0 Å². The minimum atomic E-state index is 0.148. The summed E-state index contributed by atoms with van der Waals surface area (Å²) in [5, 5.41) is 23.5. The molecule has 0 radical (unpaired) electrons. The Morgan fingerprint density at radius 1 is 1.36 bits per heavy atom. The highest BCUT2D eigenvalue weighted by Crippen LogP contribution is 2.24. The van der Waals surface area contributed by atoms with Crippen molar-refractivity contribution in [3.63, 3.8) is 0 Å². The Hall–Kier alpha value is -2.04. The number of para-hydroxylation sites is 2. The summed E-state index contributed by atoms with van der Waals surface area (Å²) < 4.78 is 0. The van der Waals surface area contributed by atoms with E-state index < -0.39 is 0 Å². The molecule has 0 aromatic heterocycles. The highest BCUT2D eigenvalue weighted by molar-refractivity contribution is 5.56. The molecular weight excluding hydrogens is 276 g/mol. The second-order valence-electron chi connectivity index (χ2n) is 5.72. The second kappa shape index (κ2) is 9.07. The van der Waals surface area contributed by atoms with E-state index in [1.54, 1.807) is 6.07 Å². The monoisotopic (exact) mass is 304 g/mol. The largest absolute Gasteiger partial charge is 0.506 e. The zero-order chi connectivity index (χ0) is 16.5. The SMILES string of the molecule is C/C=C(\C)C(CCN(C)/N=N\C(C)C)Nc1ccccc1O. The summed E-state index contributed by atoms with van der Waals surface area (Å²) in [6.07, 6.45) is 2.96. The van der Waals surface area contributed by atoms with Crippen LogP contribution in [0.4, 0.5) is 5.69 Å². The molecule has 0 aliphatic rings. The van der Waals surface area contributed by atoms with Gasteiger partial charge >= 0.3 is 0 Å². The molecule has 122 valence electrons. The van der Waals surface area contributed by atoms with Crippen LogP contribution in [0.2, 0.25) is 0 Å². The molecule has 0 amide bonds. The Morgan fingerprint density at radius 3 is 2.64 bits per heavy atom. The fourth-order valence-electron chi connectivity index (χ4n) is 1.95. The molecule has 0 aliphatic heterocycles. The quantitative estimate of drug-likeness (QED) is 0.327. The molecule has 0 saturated carbocycles. The van der Waals surface area contributed by atoms with E-state index >= 15 is 0 Å². The zero-order valence-corrected chi connectivity index (χ0v) is 14.2. The number of nitrogens with one attached hydrogen (secondary N) is 1. The summed E-state index contributed by atoms with van der Waals surface area (Å²) in [6.45, 7) is 8.91. The minimum Gasteiger partial charge on any atom is -0.506 e. The summed E-state index contributed by atoms with van der Waals surface area (Å²) in [5.41, 5.74) is 1.98. The Morgan fingerprint density at radius 2 is 2.05 bits per heavy atom. The van der Waals surface area contributed by atoms with Gasteiger partial charge in [-0.25, -0.2) is 0 Å². The molecule has 1 rings (SSSR count). The van der Waals surface area contributed by atoms with Gasteiger partial charge in [0.1, 0.15) is 5.75 Å². The Labute approximate surface area is 133 Å². The molecular formula is C17H28N4O. The lowest BCUT2D eigenvalue weighted by atomic mass is 10.0. The van der Waals surface area contributed by atoms with Crippen molar-refractivity contribution in [2.45, 2.75) is 46.2 Å². The van der Waals surface area contributed by atoms with Gasteiger partial charge in [-0.2, -0.15) is 5.11 Å². The van der Waals surface area contributed by atoms with E-state index in [0.717, 1.165) is 18.7 Å². The number of allylic oxidation sites excluding steroid dienone is 1. The minimum absolute atomic E-state index is 0.148. The number of rotatable bonds is 8. The van der Waals surface area contributed by atoms with Crippen LogP contribution in [-0.2, 0) is 0 Å². The van der Waals surface area contributed by atoms with Crippen molar-refractivity contribution in [3.05, 3.63) is 35.9 Å². The lowest BCUT2D eigenvalue weighted by Gasteiger charge is -2.23. The van der Waals surface area contributed by atoms with Gasteiger partial charge in [-0.3, -0.25) is 5.01 Å². The maximum absolute atomic E-state index is 9.91. The standard InChI is InChI=1S/C17H28N4O/c1-6-14(4)15(11-12-21(5)20-19-13(2)3)18-16-9-7-8-10-17(16)22/h6-10,13,15,18,22H,11-12H2,1-5H3/b14-6+,20-19-. The fourth-order valence-corrected chi connectivity index (χ4v) is 1.95. The van der Waals surface area contributed by atoms with E-state index in [1.165, 1.54) is 5.57 Å². The number of phenolic OH excluding ortho intramolecular Hbond substituents is 1. The molecule has 5 heteroatoms. The predicted octanol–water partition coefficient (Wildman–Crippen LogP) is 4.24. The predicted molar refractivity (Wildman–Crippen MR) is 92.2 cm³/mol. The van der Waals surface area contributed by atoms with Gasteiger partial charge in [0.25, 0.3) is 0 Å². The molecule has 1 atom stereocenters. The first-order chi connectivity index (χ1) is 10.4. The van der Waals surface area contributed by atoms with Gasteiger partial charge < -0.3 is 10.4 Å². The Balaban J connectivity index is 2.68. The fraction of sp³-hybridized carbons (Fsp3) is 0.529. The molecule has 5 nitrogen and oxygen atoms in total. The van der Waals surface area contributed by atoms with Crippen LogP contribution in [0.15, 0.2) is 46.3 Å². The van der Waals surface area contributed by atoms with E-state index in [2.05, 4.69) is 28.7 Å². The van der Waals surface area contributed by atoms with Crippen LogP contribution < -0.4 is 5.32 Å². The number of benzene rings is 1. The second-order valence-corrected chi connectivity index (χ2v) is 5.72. The van der Waals surface area contributed by atoms with Crippen LogP contribution >= 0.6 is 0 Å². The number of hydrogen-bond donors (Lipinski definition) is 2. The van der Waals surface area contributed by atoms with Crippen LogP contribution in [0.3, 0.4) is 0 Å². The average molecular weight is 304 g/mol. The molecule has 1 unspecified atom stereocenters. The molecule has 0 aliphatic carbocycles. The molecule has 2 N–H and O–H groups in total. The Bertz CT molecular complexity index is 511. The van der Waals surface area contributed by atoms with Gasteiger partial charge in [-0.15, -0.1) is 0 Å². The maximum atomic E-state index is 9.91. The normalized spacial score (nSPS) is 13.6. The first kappa shape index (κ1) is 18.0. The van der Waals surface area contributed by atoms with Crippen LogP contribution in [0.5, 0.6) is 5.75 Å². The summed E-state index contributed by atoms with van der Waals surface area (Å²) in [5.74, 6) is 0.268. The van der Waals surface area contributed by atoms with Gasteiger partial charge in [0.05, 0.1) is 11.7 Å². The highest BCUT2D eigenvalue weighted by atomic mass is 16.3. The molecule has 0 heterocycles. The van der Waals surface area contributed by atoms with Gasteiger partial charge in [0.2, 0.25) is 0 Å². The zero-order valence-electron chi connectivity index (χ0n) is 14.2. The van der Waals surface area contributed by atoms with Crippen molar-refractivity contribution < 1.29 is 5.11 Å². The van der Waals surface area contributed by atoms with Crippen molar-refractivity contribution in [1.82, 2.24) is 5.01 Å². The molecule has 22 heavy (non-hydrogen) atoms. The summed E-state index contributed by atoms with van der Waals surface area (Å²) in [6, 6.07) is 7.65. The lowest BCUT2D eigenvalue weighted by Crippen LogP contribution is -2.26. The van der Waals surface area contributed by atoms with Crippen molar-refractivity contribution in [3.8, 4) is 5.75 Å². The number of nitrogens with zero attached hydrogens (tertiary/aromatic N) is 3. The van der Waals surface area contributed by atoms with E-state index in [4.69, 9.17) is 0 Å². The molecule has 1 aromatic rings. The maximum Gasteiger partial charge on any atom is 0.138 e. The number of hydrogen-bond acceptors (Lipinski definition) is 4. The van der Waals surface area contributed by atoms with Crippen molar-refractivity contribution >= 4 is 5.69 Å². The summed E-state index contributed by atoms with van der Waals surface area (Å²) in [4.78, 5) is 0. The molecule has 0 fully saturated rings. The van der Waals surface area contributed by atoms with Crippen LogP contribution in [0, 0.1) is 0 Å². The van der Waals surface area contributed by atoms with E-state index in [1.807, 2.05) is 51.0 Å². The molecule has 0 bridgehead atoms. The number of phenols is 1. The summed E-state index contributed by atoms with van der Waals surface area (Å²) >= 11 is 0. The molecule has 0 spiro atoms. The topological polar surface area (TPSA) is 60.2 Å². The lowest BCUT2D eigenvalue weighted by molar-refractivity contribution is 0.312. The number of aromatic hydroxyl groups is 1. The number of anilines is 1. The van der Waals surface area contributed by atoms with E-state index in [-0.39, 0.29) is 17.8 Å². The first-order valence-corrected chi connectivity index (χ1v) is 7.73. The van der Waals surface area contributed by atoms with Crippen molar-refractivity contribution in [2.75, 3.05) is 18.9 Å².